The lowest BCUT2D eigenvalue weighted by Gasteiger charge is -2.27. The Hall–Kier alpha value is -3.81. The van der Waals surface area contributed by atoms with Gasteiger partial charge < -0.3 is 10.1 Å². The highest BCUT2D eigenvalue weighted by molar-refractivity contribution is 6.22. The molecule has 1 aliphatic rings. The van der Waals surface area contributed by atoms with E-state index >= 15 is 0 Å². The number of nitrogens with zero attached hydrogens (tertiary/aromatic N) is 1. The molecule has 0 saturated heterocycles. The molecule has 3 amide bonds. The molecular formula is C25H26N2O6. The highest BCUT2D eigenvalue weighted by atomic mass is 16.5. The maximum Gasteiger partial charge on any atom is 0.330 e. The molecule has 0 aromatic heterocycles. The van der Waals surface area contributed by atoms with Gasteiger partial charge in [-0.1, -0.05) is 56.3 Å². The van der Waals surface area contributed by atoms with Gasteiger partial charge in [-0.3, -0.25) is 24.1 Å². The number of hydrogen-bond acceptors (Lipinski definition) is 6. The van der Waals surface area contributed by atoms with Gasteiger partial charge in [0.25, 0.3) is 17.7 Å². The van der Waals surface area contributed by atoms with Gasteiger partial charge in [0.2, 0.25) is 0 Å². The van der Waals surface area contributed by atoms with Gasteiger partial charge in [-0.15, -0.1) is 0 Å². The van der Waals surface area contributed by atoms with Crippen LogP contribution in [0.2, 0.25) is 0 Å². The monoisotopic (exact) mass is 450 g/mol. The average molecular weight is 450 g/mol. The van der Waals surface area contributed by atoms with Gasteiger partial charge in [-0.05, 0) is 37.0 Å². The van der Waals surface area contributed by atoms with E-state index in [4.69, 9.17) is 4.74 Å². The van der Waals surface area contributed by atoms with Gasteiger partial charge in [0.15, 0.2) is 12.4 Å². The van der Waals surface area contributed by atoms with Crippen molar-refractivity contribution in [2.24, 2.45) is 5.92 Å². The molecule has 172 valence electrons. The predicted molar refractivity (Wildman–Crippen MR) is 119 cm³/mol. The minimum absolute atomic E-state index is 0.226. The number of amides is 3. The summed E-state index contributed by atoms with van der Waals surface area (Å²) in [7, 11) is 0. The van der Waals surface area contributed by atoms with Crippen LogP contribution in [-0.4, -0.2) is 53.1 Å². The topological polar surface area (TPSA) is 110 Å². The van der Waals surface area contributed by atoms with Crippen LogP contribution in [0.15, 0.2) is 54.6 Å². The summed E-state index contributed by atoms with van der Waals surface area (Å²) in [5.41, 5.74) is 1.33. The maximum atomic E-state index is 12.8. The van der Waals surface area contributed by atoms with Crippen molar-refractivity contribution < 1.29 is 28.7 Å². The fourth-order valence-corrected chi connectivity index (χ4v) is 3.74. The second-order valence-corrected chi connectivity index (χ2v) is 8.24. The SMILES string of the molecule is CC(=O)C(Cc1ccccc1)NC(=O)COC(=O)[C@H](C(C)C)N1C(=O)c2ccccc2C1=O. The Morgan fingerprint density at radius 1 is 0.909 bits per heavy atom. The number of hydrogen-bond donors (Lipinski definition) is 1. The van der Waals surface area contributed by atoms with Gasteiger partial charge >= 0.3 is 5.97 Å². The molecule has 0 radical (unpaired) electrons. The molecule has 8 nitrogen and oxygen atoms in total. The van der Waals surface area contributed by atoms with Crippen LogP contribution in [0.25, 0.3) is 0 Å². The molecule has 1 aliphatic heterocycles. The van der Waals surface area contributed by atoms with Gasteiger partial charge in [0.1, 0.15) is 6.04 Å². The summed E-state index contributed by atoms with van der Waals surface area (Å²) in [6.07, 6.45) is 0.305. The maximum absolute atomic E-state index is 12.8. The van der Waals surface area contributed by atoms with E-state index in [1.807, 2.05) is 30.3 Å². The molecule has 1 heterocycles. The van der Waals surface area contributed by atoms with Crippen molar-refractivity contribution in [3.63, 3.8) is 0 Å². The standard InChI is InChI=1S/C25H26N2O6/c1-15(2)22(27-23(30)18-11-7-8-12-19(18)24(27)31)25(32)33-14-21(29)26-20(16(3)28)13-17-9-5-4-6-10-17/h4-12,15,20,22H,13-14H2,1-3H3,(H,26,29)/t20?,22-/m0/s1. The van der Waals surface area contributed by atoms with E-state index in [1.54, 1.807) is 26.0 Å². The Morgan fingerprint density at radius 2 is 1.45 bits per heavy atom. The van der Waals surface area contributed by atoms with Crippen molar-refractivity contribution in [2.75, 3.05) is 6.61 Å². The van der Waals surface area contributed by atoms with E-state index in [0.717, 1.165) is 10.5 Å². The Morgan fingerprint density at radius 3 is 1.97 bits per heavy atom. The number of benzene rings is 2. The number of carbonyl (C=O) groups excluding carboxylic acids is 5. The van der Waals surface area contributed by atoms with Crippen LogP contribution < -0.4 is 5.32 Å². The smallest absolute Gasteiger partial charge is 0.330 e. The number of ketones is 1. The molecule has 2 aromatic carbocycles. The number of nitrogens with one attached hydrogen (secondary N) is 1. The molecule has 0 saturated carbocycles. The fourth-order valence-electron chi connectivity index (χ4n) is 3.74. The summed E-state index contributed by atoms with van der Waals surface area (Å²) in [6, 6.07) is 13.6. The summed E-state index contributed by atoms with van der Waals surface area (Å²) in [4.78, 5) is 63.6. The van der Waals surface area contributed by atoms with Gasteiger partial charge in [-0.2, -0.15) is 0 Å². The van der Waals surface area contributed by atoms with E-state index in [9.17, 15) is 24.0 Å². The Labute approximate surface area is 191 Å². The van der Waals surface area contributed by atoms with Crippen molar-refractivity contribution in [3.8, 4) is 0 Å². The number of fused-ring (bicyclic) bond motifs is 1. The van der Waals surface area contributed by atoms with Gasteiger partial charge in [0.05, 0.1) is 17.2 Å². The zero-order chi connectivity index (χ0) is 24.1. The second-order valence-electron chi connectivity index (χ2n) is 8.24. The highest BCUT2D eigenvalue weighted by Crippen LogP contribution is 2.27. The molecule has 0 bridgehead atoms. The normalized spacial score (nSPS) is 14.6. The first-order valence-electron chi connectivity index (χ1n) is 10.7. The molecule has 2 atom stereocenters. The van der Waals surface area contributed by atoms with Gasteiger partial charge in [-0.25, -0.2) is 4.79 Å². The Bertz CT molecular complexity index is 1040. The third-order valence-corrected chi connectivity index (χ3v) is 5.43. The Balaban J connectivity index is 1.64. The molecular weight excluding hydrogens is 424 g/mol. The van der Waals surface area contributed by atoms with Crippen molar-refractivity contribution in [3.05, 3.63) is 71.3 Å². The summed E-state index contributed by atoms with van der Waals surface area (Å²) in [6.45, 7) is 4.10. The van der Waals surface area contributed by atoms with E-state index < -0.39 is 48.3 Å². The first-order chi connectivity index (χ1) is 15.7. The molecule has 8 heteroatoms. The van der Waals surface area contributed by atoms with Crippen molar-refractivity contribution >= 4 is 29.5 Å². The minimum atomic E-state index is -1.18. The minimum Gasteiger partial charge on any atom is -0.454 e. The quantitative estimate of drug-likeness (QED) is 0.463. The van der Waals surface area contributed by atoms with Crippen LogP contribution in [0, 0.1) is 5.92 Å². The average Bonchev–Trinajstić information content (AvgIpc) is 3.03. The van der Waals surface area contributed by atoms with Crippen LogP contribution in [0.1, 0.15) is 47.1 Å². The molecule has 0 spiro atoms. The van der Waals surface area contributed by atoms with E-state index in [2.05, 4.69) is 5.32 Å². The zero-order valence-electron chi connectivity index (χ0n) is 18.7. The number of carbonyl (C=O) groups is 5. The Kier molecular flexibility index (Phi) is 7.37. The van der Waals surface area contributed by atoms with Crippen LogP contribution in [-0.2, 0) is 25.5 Å². The van der Waals surface area contributed by atoms with Crippen LogP contribution >= 0.6 is 0 Å². The molecule has 1 unspecified atom stereocenters. The number of imide groups is 1. The number of esters is 1. The first kappa shape index (κ1) is 23.8. The van der Waals surface area contributed by atoms with E-state index in [1.165, 1.54) is 19.1 Å². The lowest BCUT2D eigenvalue weighted by Crippen LogP contribution is -2.49. The van der Waals surface area contributed by atoms with Crippen molar-refractivity contribution in [1.29, 1.82) is 0 Å². The summed E-state index contributed by atoms with van der Waals surface area (Å²) < 4.78 is 5.16. The third kappa shape index (κ3) is 5.34. The molecule has 0 aliphatic carbocycles. The molecule has 0 fully saturated rings. The van der Waals surface area contributed by atoms with Gasteiger partial charge in [0, 0.05) is 0 Å². The number of ether oxygens (including phenoxy) is 1. The first-order valence-corrected chi connectivity index (χ1v) is 10.7. The molecule has 2 aromatic rings. The molecule has 3 rings (SSSR count). The number of Topliss-reactive ketones (excluding diaryl/α,β-unsaturated/α-hetero) is 1. The third-order valence-electron chi connectivity index (χ3n) is 5.43. The van der Waals surface area contributed by atoms with Crippen LogP contribution in [0.4, 0.5) is 0 Å². The summed E-state index contributed by atoms with van der Waals surface area (Å²) >= 11 is 0. The lowest BCUT2D eigenvalue weighted by molar-refractivity contribution is -0.153. The zero-order valence-corrected chi connectivity index (χ0v) is 18.7. The summed E-state index contributed by atoms with van der Waals surface area (Å²) in [5.74, 6) is -3.33. The highest BCUT2D eigenvalue weighted by Gasteiger charge is 2.44. The second kappa shape index (κ2) is 10.2. The van der Waals surface area contributed by atoms with Crippen molar-refractivity contribution in [1.82, 2.24) is 10.2 Å². The van der Waals surface area contributed by atoms with E-state index in [0.29, 0.717) is 6.42 Å². The largest absolute Gasteiger partial charge is 0.454 e. The van der Waals surface area contributed by atoms with E-state index in [-0.39, 0.29) is 16.9 Å². The van der Waals surface area contributed by atoms with Crippen molar-refractivity contribution in [2.45, 2.75) is 39.3 Å². The summed E-state index contributed by atoms with van der Waals surface area (Å²) in [5, 5.41) is 2.58. The lowest BCUT2D eigenvalue weighted by atomic mass is 10.0. The van der Waals surface area contributed by atoms with Crippen LogP contribution in [0.3, 0.4) is 0 Å². The predicted octanol–water partition coefficient (Wildman–Crippen LogP) is 2.17. The molecule has 1 N–H and O–H groups in total. The van der Waals surface area contributed by atoms with Crippen LogP contribution in [0.5, 0.6) is 0 Å². The molecule has 33 heavy (non-hydrogen) atoms. The number of rotatable bonds is 9. The fraction of sp³-hybridized carbons (Fsp3) is 0.320.